The number of aromatic hydroxyl groups is 1. The van der Waals surface area contributed by atoms with E-state index >= 15 is 0 Å². The van der Waals surface area contributed by atoms with Gasteiger partial charge in [-0.15, -0.1) is 0 Å². The number of carbonyl (C=O) groups is 2. The monoisotopic (exact) mass is 700 g/mol. The molecule has 8 heteroatoms. The summed E-state index contributed by atoms with van der Waals surface area (Å²) in [6.45, 7) is 0. The van der Waals surface area contributed by atoms with Crippen LogP contribution >= 0.6 is 67.8 Å². The van der Waals surface area contributed by atoms with Gasteiger partial charge in [-0.25, -0.2) is 0 Å². The molecular formula is C18H23I3O5. The molecule has 26 heavy (non-hydrogen) atoms. The van der Waals surface area contributed by atoms with E-state index in [1.54, 1.807) is 0 Å². The molecule has 0 aromatic heterocycles. The van der Waals surface area contributed by atoms with Crippen LogP contribution < -0.4 is 0 Å². The number of hydrogen-bond donors (Lipinski definition) is 3. The fraction of sp³-hybridized carbons (Fsp3) is 0.556. The van der Waals surface area contributed by atoms with Crippen molar-refractivity contribution in [3.8, 4) is 5.75 Å². The predicted octanol–water partition coefficient (Wildman–Crippen LogP) is 5.65. The molecular weight excluding hydrogens is 677 g/mol. The number of hydrogen-bond acceptors (Lipinski definition) is 3. The normalized spacial score (nSPS) is 12.1. The van der Waals surface area contributed by atoms with E-state index in [2.05, 4.69) is 67.8 Å². The summed E-state index contributed by atoms with van der Waals surface area (Å²) in [4.78, 5) is 22.1. The van der Waals surface area contributed by atoms with Crippen LogP contribution in [0, 0.1) is 16.6 Å². The third kappa shape index (κ3) is 8.44. The molecule has 146 valence electrons. The number of benzene rings is 1. The Morgan fingerprint density at radius 3 is 2.08 bits per heavy atom. The summed E-state index contributed by atoms with van der Waals surface area (Å²) in [6, 6.07) is 1.88. The largest absolute Gasteiger partial charge is 0.506 e. The molecule has 0 aliphatic carbocycles. The van der Waals surface area contributed by atoms with Gasteiger partial charge < -0.3 is 15.3 Å². The molecule has 0 aliphatic rings. The highest BCUT2D eigenvalue weighted by molar-refractivity contribution is 14.1. The lowest BCUT2D eigenvalue weighted by atomic mass is 9.93. The van der Waals surface area contributed by atoms with Gasteiger partial charge in [0.2, 0.25) is 0 Å². The Kier molecular flexibility index (Phi) is 11.7. The Labute approximate surface area is 194 Å². The summed E-state index contributed by atoms with van der Waals surface area (Å²) >= 11 is 6.36. The zero-order valence-electron chi connectivity index (χ0n) is 14.3. The van der Waals surface area contributed by atoms with Crippen LogP contribution in [0.25, 0.3) is 0 Å². The number of aliphatic carboxylic acids is 2. The van der Waals surface area contributed by atoms with E-state index in [1.165, 1.54) is 0 Å². The molecule has 0 saturated carbocycles. The summed E-state index contributed by atoms with van der Waals surface area (Å²) in [5.74, 6) is -1.77. The van der Waals surface area contributed by atoms with Crippen molar-refractivity contribution in [2.24, 2.45) is 5.92 Å². The standard InChI is InChI=1S/C18H23I3O5/c19-13-10-14(20)17(24)16(21)12(13)9-11(18(25)26)7-5-3-1-2-4-6-8-15(22)23/h10-11,24H,1-9H2,(H,22,23)(H,25,26). The van der Waals surface area contributed by atoms with Gasteiger partial charge in [-0.3, -0.25) is 9.59 Å². The van der Waals surface area contributed by atoms with Gasteiger partial charge in [0, 0.05) is 9.99 Å². The molecule has 0 spiro atoms. The van der Waals surface area contributed by atoms with Crippen molar-refractivity contribution < 1.29 is 24.9 Å². The Hall–Kier alpha value is 0.150. The van der Waals surface area contributed by atoms with Crippen molar-refractivity contribution in [1.29, 1.82) is 0 Å². The van der Waals surface area contributed by atoms with Gasteiger partial charge in [0.1, 0.15) is 5.75 Å². The van der Waals surface area contributed by atoms with E-state index in [4.69, 9.17) is 5.11 Å². The fourth-order valence-corrected chi connectivity index (χ4v) is 6.55. The summed E-state index contributed by atoms with van der Waals surface area (Å²) in [5.41, 5.74) is 0.908. The maximum absolute atomic E-state index is 11.6. The predicted molar refractivity (Wildman–Crippen MR) is 126 cm³/mol. The maximum Gasteiger partial charge on any atom is 0.306 e. The van der Waals surface area contributed by atoms with Gasteiger partial charge >= 0.3 is 11.9 Å². The lowest BCUT2D eigenvalue weighted by Crippen LogP contribution is -2.18. The first-order valence-electron chi connectivity index (χ1n) is 8.54. The molecule has 0 fully saturated rings. The molecule has 1 unspecified atom stereocenters. The van der Waals surface area contributed by atoms with Crippen LogP contribution in [0.15, 0.2) is 6.07 Å². The molecule has 5 nitrogen and oxygen atoms in total. The minimum Gasteiger partial charge on any atom is -0.506 e. The Bertz CT molecular complexity index is 634. The Morgan fingerprint density at radius 1 is 0.923 bits per heavy atom. The smallest absolute Gasteiger partial charge is 0.306 e. The summed E-state index contributed by atoms with van der Waals surface area (Å²) in [6.07, 6.45) is 6.69. The van der Waals surface area contributed by atoms with Crippen molar-refractivity contribution in [3.63, 3.8) is 0 Å². The van der Waals surface area contributed by atoms with E-state index in [-0.39, 0.29) is 12.2 Å². The fourth-order valence-electron chi connectivity index (χ4n) is 2.74. The zero-order chi connectivity index (χ0) is 19.7. The summed E-state index contributed by atoms with van der Waals surface area (Å²) in [7, 11) is 0. The minimum absolute atomic E-state index is 0.223. The molecule has 0 heterocycles. The number of carboxylic acids is 2. The van der Waals surface area contributed by atoms with Gasteiger partial charge in [-0.05, 0) is 98.7 Å². The van der Waals surface area contributed by atoms with Gasteiger partial charge in [0.25, 0.3) is 0 Å². The van der Waals surface area contributed by atoms with Crippen LogP contribution in [0.4, 0.5) is 0 Å². The van der Waals surface area contributed by atoms with Crippen molar-refractivity contribution in [2.75, 3.05) is 0 Å². The highest BCUT2D eigenvalue weighted by atomic mass is 127. The molecule has 0 saturated heterocycles. The van der Waals surface area contributed by atoms with E-state index < -0.39 is 17.9 Å². The second-order valence-corrected chi connectivity index (χ2v) is 9.68. The number of phenols is 1. The zero-order valence-corrected chi connectivity index (χ0v) is 20.8. The van der Waals surface area contributed by atoms with Crippen molar-refractivity contribution >= 4 is 79.7 Å². The topological polar surface area (TPSA) is 94.8 Å². The molecule has 0 amide bonds. The second kappa shape index (κ2) is 12.6. The van der Waals surface area contributed by atoms with Crippen molar-refractivity contribution in [3.05, 3.63) is 22.3 Å². The number of rotatable bonds is 12. The Balaban J connectivity index is 2.47. The number of halogens is 3. The van der Waals surface area contributed by atoms with Gasteiger partial charge in [-0.2, -0.15) is 0 Å². The quantitative estimate of drug-likeness (QED) is 0.194. The summed E-state index contributed by atoms with van der Waals surface area (Å²) in [5, 5.41) is 28.2. The first kappa shape index (κ1) is 24.2. The third-order valence-electron chi connectivity index (χ3n) is 4.23. The number of unbranched alkanes of at least 4 members (excludes halogenated alkanes) is 5. The average Bonchev–Trinajstić information content (AvgIpc) is 2.56. The van der Waals surface area contributed by atoms with Gasteiger partial charge in [-0.1, -0.05) is 32.1 Å². The first-order chi connectivity index (χ1) is 12.2. The number of carboxylic acid groups (broad SMARTS) is 2. The molecule has 1 rings (SSSR count). The minimum atomic E-state index is -0.795. The van der Waals surface area contributed by atoms with Crippen LogP contribution in [0.1, 0.15) is 56.9 Å². The van der Waals surface area contributed by atoms with E-state index in [1.807, 2.05) is 6.07 Å². The van der Waals surface area contributed by atoms with Crippen LogP contribution in [-0.4, -0.2) is 27.3 Å². The average molecular weight is 700 g/mol. The number of phenolic OH excluding ortho intramolecular Hbond substituents is 1. The Morgan fingerprint density at radius 2 is 1.50 bits per heavy atom. The maximum atomic E-state index is 11.6. The lowest BCUT2D eigenvalue weighted by Gasteiger charge is -2.16. The molecule has 0 aliphatic heterocycles. The van der Waals surface area contributed by atoms with Crippen LogP contribution in [0.2, 0.25) is 0 Å². The van der Waals surface area contributed by atoms with E-state index in [9.17, 15) is 19.8 Å². The van der Waals surface area contributed by atoms with Crippen LogP contribution in [-0.2, 0) is 16.0 Å². The summed E-state index contributed by atoms with van der Waals surface area (Å²) < 4.78 is 2.50. The third-order valence-corrected chi connectivity index (χ3v) is 7.18. The SMILES string of the molecule is O=C(O)CCCCCCCCC(Cc1c(I)cc(I)c(O)c1I)C(=O)O. The van der Waals surface area contributed by atoms with Crippen LogP contribution in [0.3, 0.4) is 0 Å². The molecule has 0 radical (unpaired) electrons. The highest BCUT2D eigenvalue weighted by Gasteiger charge is 2.22. The highest BCUT2D eigenvalue weighted by Crippen LogP contribution is 2.34. The molecule has 1 aromatic rings. The van der Waals surface area contributed by atoms with Gasteiger partial charge in [0.15, 0.2) is 0 Å². The molecule has 3 N–H and O–H groups in total. The van der Waals surface area contributed by atoms with Crippen molar-refractivity contribution in [1.82, 2.24) is 0 Å². The molecule has 1 aromatic carbocycles. The van der Waals surface area contributed by atoms with Crippen LogP contribution in [0.5, 0.6) is 5.75 Å². The van der Waals surface area contributed by atoms with Gasteiger partial charge in [0.05, 0.1) is 13.1 Å². The lowest BCUT2D eigenvalue weighted by molar-refractivity contribution is -0.142. The van der Waals surface area contributed by atoms with E-state index in [0.29, 0.717) is 19.3 Å². The molecule has 0 bridgehead atoms. The second-order valence-electron chi connectivity index (χ2n) is 6.27. The first-order valence-corrected chi connectivity index (χ1v) is 11.8. The van der Waals surface area contributed by atoms with Crippen molar-refractivity contribution in [2.45, 2.75) is 57.8 Å². The molecule has 1 atom stereocenters. The van der Waals surface area contributed by atoms with E-state index in [0.717, 1.165) is 48.4 Å².